The van der Waals surface area contributed by atoms with E-state index in [1.165, 1.54) is 4.31 Å². The molecule has 142 valence electrons. The minimum Gasteiger partial charge on any atom is -0.296 e. The molecule has 3 rings (SSSR count). The topological polar surface area (TPSA) is 40.6 Å². The lowest BCUT2D eigenvalue weighted by atomic mass is 10.2. The van der Waals surface area contributed by atoms with Crippen LogP contribution in [-0.4, -0.2) is 43.8 Å². The number of piperazine rings is 1. The second-order valence-corrected chi connectivity index (χ2v) is 8.26. The van der Waals surface area contributed by atoms with Gasteiger partial charge in [0, 0.05) is 37.7 Å². The molecule has 1 aliphatic rings. The molecule has 0 radical (unpaired) electrons. The van der Waals surface area contributed by atoms with Gasteiger partial charge in [0.2, 0.25) is 10.0 Å². The Morgan fingerprint density at radius 2 is 1.54 bits per heavy atom. The third-order valence-electron chi connectivity index (χ3n) is 4.18. The first-order chi connectivity index (χ1) is 11.9. The third kappa shape index (κ3) is 4.72. The van der Waals surface area contributed by atoms with E-state index < -0.39 is 21.7 Å². The molecule has 2 aromatic carbocycles. The van der Waals surface area contributed by atoms with Crippen LogP contribution in [0.25, 0.3) is 0 Å². The Morgan fingerprint density at radius 1 is 0.923 bits per heavy atom. The summed E-state index contributed by atoms with van der Waals surface area (Å²) in [6.07, 6.45) is 0. The zero-order valence-electron chi connectivity index (χ0n) is 13.7. The maximum Gasteiger partial charge on any atom is 0.243 e. The average Bonchev–Trinajstić information content (AvgIpc) is 2.60. The molecule has 0 aromatic heterocycles. The van der Waals surface area contributed by atoms with Crippen LogP contribution in [0.2, 0.25) is 5.02 Å². The minimum absolute atomic E-state index is 0. The van der Waals surface area contributed by atoms with Gasteiger partial charge in [-0.25, -0.2) is 17.2 Å². The summed E-state index contributed by atoms with van der Waals surface area (Å²) in [6, 6.07) is 10.2. The lowest BCUT2D eigenvalue weighted by Crippen LogP contribution is -2.48. The van der Waals surface area contributed by atoms with E-state index in [1.807, 2.05) is 24.3 Å². The minimum atomic E-state index is -3.82. The summed E-state index contributed by atoms with van der Waals surface area (Å²) < 4.78 is 52.8. The summed E-state index contributed by atoms with van der Waals surface area (Å²) in [7, 11) is -3.82. The van der Waals surface area contributed by atoms with E-state index in [2.05, 4.69) is 4.90 Å². The lowest BCUT2D eigenvalue weighted by molar-refractivity contribution is 0.181. The highest BCUT2D eigenvalue weighted by Gasteiger charge is 2.29. The Labute approximate surface area is 162 Å². The molecular formula is C17H18Cl2F2N2O2S. The highest BCUT2D eigenvalue weighted by atomic mass is 35.5. The second kappa shape index (κ2) is 8.63. The number of hydrogen-bond donors (Lipinski definition) is 0. The molecule has 26 heavy (non-hydrogen) atoms. The van der Waals surface area contributed by atoms with Crippen LogP contribution >= 0.6 is 24.0 Å². The SMILES string of the molecule is Cl.O=S(=O)(c1ccc(F)c(F)c1)N1CCN(Cc2ccc(Cl)cc2)CC1. The van der Waals surface area contributed by atoms with Crippen molar-refractivity contribution in [1.82, 2.24) is 9.21 Å². The first-order valence-corrected chi connectivity index (χ1v) is 9.60. The summed E-state index contributed by atoms with van der Waals surface area (Å²) in [4.78, 5) is 1.91. The molecule has 0 atom stereocenters. The van der Waals surface area contributed by atoms with E-state index in [4.69, 9.17) is 11.6 Å². The molecular weight excluding hydrogens is 405 g/mol. The number of nitrogens with zero attached hydrogens (tertiary/aromatic N) is 2. The van der Waals surface area contributed by atoms with Gasteiger partial charge in [-0.2, -0.15) is 4.31 Å². The zero-order chi connectivity index (χ0) is 18.0. The molecule has 1 fully saturated rings. The molecule has 0 aliphatic carbocycles. The van der Waals surface area contributed by atoms with Crippen molar-refractivity contribution in [1.29, 1.82) is 0 Å². The quantitative estimate of drug-likeness (QED) is 0.756. The van der Waals surface area contributed by atoms with Crippen LogP contribution in [0.5, 0.6) is 0 Å². The van der Waals surface area contributed by atoms with E-state index in [9.17, 15) is 17.2 Å². The van der Waals surface area contributed by atoms with E-state index >= 15 is 0 Å². The number of benzene rings is 2. The molecule has 1 aliphatic heterocycles. The van der Waals surface area contributed by atoms with Gasteiger partial charge in [-0.05, 0) is 35.9 Å². The number of halogens is 4. The molecule has 2 aromatic rings. The fourth-order valence-corrected chi connectivity index (χ4v) is 4.32. The van der Waals surface area contributed by atoms with Crippen molar-refractivity contribution in [3.05, 3.63) is 64.7 Å². The molecule has 4 nitrogen and oxygen atoms in total. The van der Waals surface area contributed by atoms with E-state index in [-0.39, 0.29) is 17.3 Å². The van der Waals surface area contributed by atoms with Crippen molar-refractivity contribution >= 4 is 34.0 Å². The Morgan fingerprint density at radius 3 is 2.12 bits per heavy atom. The van der Waals surface area contributed by atoms with Crippen molar-refractivity contribution in [3.63, 3.8) is 0 Å². The first kappa shape index (κ1) is 21.1. The smallest absolute Gasteiger partial charge is 0.243 e. The molecule has 1 heterocycles. The predicted octanol–water partition coefficient (Wildman–Crippen LogP) is 3.55. The monoisotopic (exact) mass is 422 g/mol. The zero-order valence-corrected chi connectivity index (χ0v) is 16.1. The van der Waals surface area contributed by atoms with Gasteiger partial charge < -0.3 is 0 Å². The van der Waals surface area contributed by atoms with Crippen LogP contribution in [0.1, 0.15) is 5.56 Å². The van der Waals surface area contributed by atoms with Crippen molar-refractivity contribution in [3.8, 4) is 0 Å². The molecule has 9 heteroatoms. The molecule has 0 unspecified atom stereocenters. The van der Waals surface area contributed by atoms with E-state index in [0.717, 1.165) is 23.8 Å². The largest absolute Gasteiger partial charge is 0.296 e. The van der Waals surface area contributed by atoms with Crippen LogP contribution in [0, 0.1) is 11.6 Å². The van der Waals surface area contributed by atoms with Gasteiger partial charge in [0.05, 0.1) is 4.90 Å². The molecule has 0 saturated carbocycles. The fourth-order valence-electron chi connectivity index (χ4n) is 2.76. The highest BCUT2D eigenvalue weighted by Crippen LogP contribution is 2.20. The van der Waals surface area contributed by atoms with E-state index in [1.54, 1.807) is 0 Å². The Kier molecular flexibility index (Phi) is 6.99. The van der Waals surface area contributed by atoms with Crippen LogP contribution in [0.4, 0.5) is 8.78 Å². The summed E-state index contributed by atoms with van der Waals surface area (Å²) in [5.74, 6) is -2.23. The van der Waals surface area contributed by atoms with Gasteiger partial charge in [0.25, 0.3) is 0 Å². The molecule has 1 saturated heterocycles. The summed E-state index contributed by atoms with van der Waals surface area (Å²) in [5.41, 5.74) is 1.10. The highest BCUT2D eigenvalue weighted by molar-refractivity contribution is 7.89. The van der Waals surface area contributed by atoms with Crippen LogP contribution < -0.4 is 0 Å². The Hall–Kier alpha value is -1.25. The van der Waals surface area contributed by atoms with Crippen LogP contribution in [-0.2, 0) is 16.6 Å². The van der Waals surface area contributed by atoms with Gasteiger partial charge in [-0.1, -0.05) is 23.7 Å². The lowest BCUT2D eigenvalue weighted by Gasteiger charge is -2.34. The second-order valence-electron chi connectivity index (χ2n) is 5.88. The maximum atomic E-state index is 13.3. The Bertz CT molecular complexity index is 856. The summed E-state index contributed by atoms with van der Waals surface area (Å²) >= 11 is 5.87. The predicted molar refractivity (Wildman–Crippen MR) is 99.1 cm³/mol. The molecule has 0 amide bonds. The van der Waals surface area contributed by atoms with Crippen molar-refractivity contribution in [2.75, 3.05) is 26.2 Å². The first-order valence-electron chi connectivity index (χ1n) is 7.78. The number of rotatable bonds is 4. The van der Waals surface area contributed by atoms with Crippen molar-refractivity contribution in [2.45, 2.75) is 11.4 Å². The standard InChI is InChI=1S/C17H17ClF2N2O2S.ClH/c18-14-3-1-13(2-4-14)12-21-7-9-22(10-8-21)25(23,24)15-5-6-16(19)17(20)11-15;/h1-6,11H,7-10,12H2;1H. The molecule has 0 bridgehead atoms. The van der Waals surface area contributed by atoms with Crippen molar-refractivity contribution < 1.29 is 17.2 Å². The maximum absolute atomic E-state index is 13.3. The number of hydrogen-bond acceptors (Lipinski definition) is 3. The van der Waals surface area contributed by atoms with Gasteiger partial charge in [-0.15, -0.1) is 12.4 Å². The summed E-state index contributed by atoms with van der Waals surface area (Å²) in [5, 5.41) is 0.672. The van der Waals surface area contributed by atoms with Gasteiger partial charge in [0.15, 0.2) is 11.6 Å². The average molecular weight is 423 g/mol. The van der Waals surface area contributed by atoms with Gasteiger partial charge in [0.1, 0.15) is 0 Å². The fraction of sp³-hybridized carbons (Fsp3) is 0.294. The van der Waals surface area contributed by atoms with E-state index in [0.29, 0.717) is 37.7 Å². The van der Waals surface area contributed by atoms with Crippen LogP contribution in [0.15, 0.2) is 47.4 Å². The Balaban J connectivity index is 0.00000243. The van der Waals surface area contributed by atoms with Crippen molar-refractivity contribution in [2.24, 2.45) is 0 Å². The summed E-state index contributed by atoms with van der Waals surface area (Å²) in [6.45, 7) is 2.43. The third-order valence-corrected chi connectivity index (χ3v) is 6.33. The normalized spacial score (nSPS) is 16.3. The molecule has 0 spiro atoms. The van der Waals surface area contributed by atoms with Gasteiger partial charge >= 0.3 is 0 Å². The molecule has 0 N–H and O–H groups in total. The van der Waals surface area contributed by atoms with Gasteiger partial charge in [-0.3, -0.25) is 4.90 Å². The number of sulfonamides is 1. The van der Waals surface area contributed by atoms with Crippen LogP contribution in [0.3, 0.4) is 0 Å².